The maximum Gasteiger partial charge on any atom is 0.225 e. The number of amides is 1. The Bertz CT molecular complexity index is 1080. The van der Waals surface area contributed by atoms with E-state index in [4.69, 9.17) is 14.2 Å². The first kappa shape index (κ1) is 21.4. The Morgan fingerprint density at radius 1 is 0.935 bits per heavy atom. The zero-order valence-electron chi connectivity index (χ0n) is 17.7. The van der Waals surface area contributed by atoms with Crippen LogP contribution in [0.15, 0.2) is 52.1 Å². The third-order valence-corrected chi connectivity index (χ3v) is 6.55. The Labute approximate surface area is 189 Å². The lowest BCUT2D eigenvalue weighted by molar-refractivity contribution is -0.122. The van der Waals surface area contributed by atoms with Crippen molar-refractivity contribution in [2.24, 2.45) is 0 Å². The quantitative estimate of drug-likeness (QED) is 0.675. The molecule has 2 unspecified atom stereocenters. The monoisotopic (exact) mass is 485 g/mol. The molecule has 31 heavy (non-hydrogen) atoms. The molecule has 162 valence electrons. The van der Waals surface area contributed by atoms with Crippen LogP contribution in [-0.4, -0.2) is 33.0 Å². The lowest BCUT2D eigenvalue weighted by atomic mass is 9.73. The van der Waals surface area contributed by atoms with Crippen molar-refractivity contribution in [2.45, 2.75) is 31.1 Å². The Balaban J connectivity index is 1.73. The molecule has 2 aromatic rings. The van der Waals surface area contributed by atoms with Gasteiger partial charge in [0.1, 0.15) is 5.75 Å². The number of ether oxygens (including phenoxy) is 3. The summed E-state index contributed by atoms with van der Waals surface area (Å²) in [5.74, 6) is 1.53. The average molecular weight is 486 g/mol. The van der Waals surface area contributed by atoms with Crippen molar-refractivity contribution in [3.63, 3.8) is 0 Å². The molecule has 1 heterocycles. The van der Waals surface area contributed by atoms with Crippen molar-refractivity contribution < 1.29 is 23.8 Å². The third-order valence-electron chi connectivity index (χ3n) is 5.96. The van der Waals surface area contributed by atoms with Crippen LogP contribution in [0.1, 0.15) is 42.2 Å². The van der Waals surface area contributed by atoms with Gasteiger partial charge in [-0.3, -0.25) is 9.59 Å². The SMILES string of the molecule is COc1cccc(C2CC(=O)C3=C(C2)NC(=O)CC3c2cc(Br)c(OC)c(OC)c2)c1. The van der Waals surface area contributed by atoms with Crippen molar-refractivity contribution in [2.75, 3.05) is 21.3 Å². The largest absolute Gasteiger partial charge is 0.497 e. The molecule has 4 rings (SSSR count). The topological polar surface area (TPSA) is 73.9 Å². The van der Waals surface area contributed by atoms with E-state index in [1.807, 2.05) is 36.4 Å². The summed E-state index contributed by atoms with van der Waals surface area (Å²) >= 11 is 3.52. The minimum absolute atomic E-state index is 0.00228. The highest BCUT2D eigenvalue weighted by atomic mass is 79.9. The molecule has 1 amide bonds. The van der Waals surface area contributed by atoms with Crippen LogP contribution in [0.3, 0.4) is 0 Å². The molecule has 0 radical (unpaired) electrons. The smallest absolute Gasteiger partial charge is 0.225 e. The summed E-state index contributed by atoms with van der Waals surface area (Å²) in [5, 5.41) is 2.96. The molecule has 2 atom stereocenters. The summed E-state index contributed by atoms with van der Waals surface area (Å²) in [6.07, 6.45) is 1.22. The number of Topliss-reactive ketones (excluding diaryl/α,β-unsaturated/α-hetero) is 1. The molecular weight excluding hydrogens is 462 g/mol. The fraction of sp³-hybridized carbons (Fsp3) is 0.333. The first-order chi connectivity index (χ1) is 14.9. The normalized spacial score (nSPS) is 20.8. The van der Waals surface area contributed by atoms with Crippen molar-refractivity contribution in [3.05, 3.63) is 63.3 Å². The summed E-state index contributed by atoms with van der Waals surface area (Å²) in [5.41, 5.74) is 3.29. The minimum Gasteiger partial charge on any atom is -0.497 e. The van der Waals surface area contributed by atoms with E-state index in [1.165, 1.54) is 0 Å². The van der Waals surface area contributed by atoms with E-state index in [1.54, 1.807) is 21.3 Å². The van der Waals surface area contributed by atoms with Gasteiger partial charge in [-0.05, 0) is 63.7 Å². The Kier molecular flexibility index (Phi) is 6.05. The number of allylic oxidation sites excluding steroid dienone is 2. The van der Waals surface area contributed by atoms with Gasteiger partial charge in [0.25, 0.3) is 0 Å². The van der Waals surface area contributed by atoms with E-state index in [0.717, 1.165) is 27.0 Å². The maximum absolute atomic E-state index is 13.3. The number of hydrogen-bond acceptors (Lipinski definition) is 5. The van der Waals surface area contributed by atoms with Crippen molar-refractivity contribution in [1.29, 1.82) is 0 Å². The summed E-state index contributed by atoms with van der Waals surface area (Å²) in [6, 6.07) is 11.5. The molecule has 7 heteroatoms. The lowest BCUT2D eigenvalue weighted by Crippen LogP contribution is -2.38. The second-order valence-electron chi connectivity index (χ2n) is 7.74. The average Bonchev–Trinajstić information content (AvgIpc) is 2.77. The molecule has 1 aliphatic heterocycles. The van der Waals surface area contributed by atoms with Crippen LogP contribution >= 0.6 is 15.9 Å². The predicted octanol–water partition coefficient (Wildman–Crippen LogP) is 4.48. The highest BCUT2D eigenvalue weighted by Crippen LogP contribution is 2.46. The van der Waals surface area contributed by atoms with E-state index < -0.39 is 0 Å². The van der Waals surface area contributed by atoms with E-state index in [2.05, 4.69) is 21.2 Å². The van der Waals surface area contributed by atoms with Crippen molar-refractivity contribution in [3.8, 4) is 17.2 Å². The van der Waals surface area contributed by atoms with Crippen LogP contribution in [0.5, 0.6) is 17.2 Å². The Morgan fingerprint density at radius 3 is 2.45 bits per heavy atom. The van der Waals surface area contributed by atoms with Gasteiger partial charge in [-0.15, -0.1) is 0 Å². The van der Waals surface area contributed by atoms with Crippen LogP contribution in [-0.2, 0) is 9.59 Å². The highest BCUT2D eigenvalue weighted by Gasteiger charge is 2.38. The van der Waals surface area contributed by atoms with Crippen LogP contribution in [0.25, 0.3) is 0 Å². The van der Waals surface area contributed by atoms with Gasteiger partial charge in [0.2, 0.25) is 5.91 Å². The molecule has 2 aromatic carbocycles. The summed E-state index contributed by atoms with van der Waals surface area (Å²) in [4.78, 5) is 25.9. The number of carbonyl (C=O) groups excluding carboxylic acids is 2. The number of benzene rings is 2. The van der Waals surface area contributed by atoms with Crippen molar-refractivity contribution >= 4 is 27.6 Å². The van der Waals surface area contributed by atoms with Crippen LogP contribution in [0.4, 0.5) is 0 Å². The van der Waals surface area contributed by atoms with Gasteiger partial charge in [-0.25, -0.2) is 0 Å². The molecule has 0 fully saturated rings. The van der Waals surface area contributed by atoms with Crippen LogP contribution in [0.2, 0.25) is 0 Å². The summed E-state index contributed by atoms with van der Waals surface area (Å²) in [7, 11) is 4.76. The highest BCUT2D eigenvalue weighted by molar-refractivity contribution is 9.10. The molecule has 0 bridgehead atoms. The fourth-order valence-corrected chi connectivity index (χ4v) is 5.14. The van der Waals surface area contributed by atoms with Gasteiger partial charge in [-0.1, -0.05) is 12.1 Å². The molecule has 1 N–H and O–H groups in total. The van der Waals surface area contributed by atoms with E-state index in [9.17, 15) is 9.59 Å². The third kappa shape index (κ3) is 4.06. The second-order valence-corrected chi connectivity index (χ2v) is 8.59. The van der Waals surface area contributed by atoms with Crippen molar-refractivity contribution in [1.82, 2.24) is 5.32 Å². The molecule has 0 saturated heterocycles. The Morgan fingerprint density at radius 2 is 1.74 bits per heavy atom. The summed E-state index contributed by atoms with van der Waals surface area (Å²) < 4.78 is 16.9. The van der Waals surface area contributed by atoms with Gasteiger partial charge in [-0.2, -0.15) is 0 Å². The molecule has 1 aliphatic carbocycles. The number of rotatable bonds is 5. The Hall–Kier alpha value is -2.80. The molecule has 2 aliphatic rings. The molecule has 0 saturated carbocycles. The number of nitrogens with one attached hydrogen (secondary N) is 1. The number of methoxy groups -OCH3 is 3. The lowest BCUT2D eigenvalue weighted by Gasteiger charge is -2.34. The number of ketones is 1. The first-order valence-corrected chi connectivity index (χ1v) is 10.9. The molecule has 6 nitrogen and oxygen atoms in total. The zero-order chi connectivity index (χ0) is 22.1. The first-order valence-electron chi connectivity index (χ1n) is 10.1. The van der Waals surface area contributed by atoms with E-state index in [0.29, 0.717) is 29.9 Å². The van der Waals surface area contributed by atoms with Gasteiger partial charge in [0, 0.05) is 30.0 Å². The van der Waals surface area contributed by atoms with Gasteiger partial charge in [0.15, 0.2) is 17.3 Å². The molecule has 0 aromatic heterocycles. The van der Waals surface area contributed by atoms with Gasteiger partial charge >= 0.3 is 0 Å². The standard InChI is InChI=1S/C24H24BrNO5/c1-29-16-6-4-5-13(7-16)14-9-19-23(20(27)10-14)17(12-22(28)26-19)15-8-18(25)24(31-3)21(11-15)30-2/h4-8,11,14,17H,9-10,12H2,1-3H3,(H,26,28). The zero-order valence-corrected chi connectivity index (χ0v) is 19.2. The van der Waals surface area contributed by atoms with Gasteiger partial charge < -0.3 is 19.5 Å². The number of hydrogen-bond donors (Lipinski definition) is 1. The number of halogens is 1. The summed E-state index contributed by atoms with van der Waals surface area (Å²) in [6.45, 7) is 0. The maximum atomic E-state index is 13.3. The van der Waals surface area contributed by atoms with E-state index >= 15 is 0 Å². The fourth-order valence-electron chi connectivity index (χ4n) is 4.52. The minimum atomic E-state index is -0.321. The second kappa shape index (κ2) is 8.75. The molecular formula is C24H24BrNO5. The van der Waals surface area contributed by atoms with Gasteiger partial charge in [0.05, 0.1) is 25.8 Å². The predicted molar refractivity (Wildman–Crippen MR) is 120 cm³/mol. The van der Waals surface area contributed by atoms with E-state index in [-0.39, 0.29) is 29.9 Å². The van der Waals surface area contributed by atoms with Crippen LogP contribution < -0.4 is 19.5 Å². The number of carbonyl (C=O) groups is 2. The molecule has 0 spiro atoms. The van der Waals surface area contributed by atoms with Crippen LogP contribution in [0, 0.1) is 0 Å².